The second-order valence-electron chi connectivity index (χ2n) is 5.60. The second-order valence-corrected chi connectivity index (χ2v) is 7.51. The Labute approximate surface area is 173 Å². The fourth-order valence-electron chi connectivity index (χ4n) is 2.31. The van der Waals surface area contributed by atoms with Crippen LogP contribution in [-0.2, 0) is 4.79 Å². The van der Waals surface area contributed by atoms with Gasteiger partial charge in [0, 0.05) is 0 Å². The maximum atomic E-state index is 12.3. The first kappa shape index (κ1) is 20.4. The lowest BCUT2D eigenvalue weighted by atomic mass is 10.3. The number of thiophene rings is 1. The van der Waals surface area contributed by atoms with Gasteiger partial charge in [-0.25, -0.2) is 4.98 Å². The van der Waals surface area contributed by atoms with Crippen LogP contribution in [0.2, 0.25) is 0 Å². The summed E-state index contributed by atoms with van der Waals surface area (Å²) in [5.74, 6) is -0.369. The number of benzene rings is 1. The zero-order valence-corrected chi connectivity index (χ0v) is 16.9. The average Bonchev–Trinajstić information content (AvgIpc) is 3.24. The number of nitrogens with two attached hydrogens (primary N) is 1. The van der Waals surface area contributed by atoms with Gasteiger partial charge in [-0.05, 0) is 23.6 Å². The molecule has 3 rings (SSSR count). The van der Waals surface area contributed by atoms with Crippen molar-refractivity contribution in [1.29, 1.82) is 0 Å². The number of aromatic amines is 1. The van der Waals surface area contributed by atoms with Gasteiger partial charge in [-0.1, -0.05) is 30.0 Å². The first-order valence-corrected chi connectivity index (χ1v) is 10.1. The SMILES string of the molecule is COc1ccccc1NC(=O)CSc1nc(N)c(NC(=O)c2cccs2)c(=O)[nH]1. The van der Waals surface area contributed by atoms with Gasteiger partial charge in [-0.2, -0.15) is 0 Å². The van der Waals surface area contributed by atoms with E-state index < -0.39 is 11.5 Å². The normalized spacial score (nSPS) is 10.4. The maximum absolute atomic E-state index is 12.3. The van der Waals surface area contributed by atoms with Gasteiger partial charge in [-0.15, -0.1) is 11.3 Å². The number of nitrogen functional groups attached to an aromatic ring is 1. The highest BCUT2D eigenvalue weighted by Crippen LogP contribution is 2.24. The van der Waals surface area contributed by atoms with E-state index in [9.17, 15) is 14.4 Å². The van der Waals surface area contributed by atoms with Gasteiger partial charge in [0.25, 0.3) is 11.5 Å². The average molecular weight is 431 g/mol. The first-order chi connectivity index (χ1) is 14.0. The molecule has 0 unspecified atom stereocenters. The molecule has 0 aliphatic carbocycles. The Hall–Kier alpha value is -3.31. The molecule has 0 fully saturated rings. The van der Waals surface area contributed by atoms with Crippen molar-refractivity contribution in [3.8, 4) is 5.75 Å². The Morgan fingerprint density at radius 2 is 2.03 bits per heavy atom. The highest BCUT2D eigenvalue weighted by molar-refractivity contribution is 7.99. The number of nitrogens with one attached hydrogen (secondary N) is 3. The lowest BCUT2D eigenvalue weighted by molar-refractivity contribution is -0.113. The molecular weight excluding hydrogens is 414 g/mol. The molecule has 0 atom stereocenters. The topological polar surface area (TPSA) is 139 Å². The lowest BCUT2D eigenvalue weighted by Crippen LogP contribution is -2.23. The van der Waals surface area contributed by atoms with E-state index in [4.69, 9.17) is 10.5 Å². The number of carbonyl (C=O) groups is 2. The molecule has 0 saturated carbocycles. The van der Waals surface area contributed by atoms with E-state index in [0.717, 1.165) is 11.8 Å². The van der Waals surface area contributed by atoms with E-state index in [0.29, 0.717) is 16.3 Å². The zero-order valence-electron chi connectivity index (χ0n) is 15.2. The van der Waals surface area contributed by atoms with Crippen LogP contribution in [0.15, 0.2) is 51.7 Å². The standard InChI is InChI=1S/C18H17N5O4S2/c1-27-11-6-3-2-5-10(11)20-13(24)9-29-18-22-15(19)14(17(26)23-18)21-16(25)12-7-4-8-28-12/h2-8H,9H2,1H3,(H,20,24)(H,21,25)(H3,19,22,23,26). The molecule has 3 aromatic rings. The molecule has 150 valence electrons. The first-order valence-electron chi connectivity index (χ1n) is 8.28. The van der Waals surface area contributed by atoms with E-state index >= 15 is 0 Å². The minimum Gasteiger partial charge on any atom is -0.495 e. The van der Waals surface area contributed by atoms with Crippen LogP contribution in [0.5, 0.6) is 5.75 Å². The smallest absolute Gasteiger partial charge is 0.277 e. The molecule has 0 aliphatic rings. The van der Waals surface area contributed by atoms with Crippen LogP contribution in [-0.4, -0.2) is 34.6 Å². The van der Waals surface area contributed by atoms with Gasteiger partial charge in [-0.3, -0.25) is 19.4 Å². The van der Waals surface area contributed by atoms with Crippen molar-refractivity contribution >= 4 is 52.1 Å². The molecule has 5 N–H and O–H groups in total. The van der Waals surface area contributed by atoms with Gasteiger partial charge in [0.2, 0.25) is 5.91 Å². The van der Waals surface area contributed by atoms with Crippen molar-refractivity contribution in [3.05, 3.63) is 57.0 Å². The monoisotopic (exact) mass is 431 g/mol. The highest BCUT2D eigenvalue weighted by atomic mass is 32.2. The molecular formula is C18H17N5O4S2. The number of amides is 2. The molecule has 0 bridgehead atoms. The molecule has 0 saturated heterocycles. The third-order valence-electron chi connectivity index (χ3n) is 3.63. The molecule has 0 radical (unpaired) electrons. The Morgan fingerprint density at radius 3 is 2.72 bits per heavy atom. The van der Waals surface area contributed by atoms with Crippen molar-refractivity contribution in [3.63, 3.8) is 0 Å². The summed E-state index contributed by atoms with van der Waals surface area (Å²) >= 11 is 2.24. The minimum absolute atomic E-state index is 0.0126. The minimum atomic E-state index is -0.602. The molecule has 2 amide bonds. The quantitative estimate of drug-likeness (QED) is 0.333. The largest absolute Gasteiger partial charge is 0.495 e. The van der Waals surface area contributed by atoms with Crippen LogP contribution in [0.4, 0.5) is 17.2 Å². The van der Waals surface area contributed by atoms with Gasteiger partial charge in [0.05, 0.1) is 23.4 Å². The fourth-order valence-corrected chi connectivity index (χ4v) is 3.60. The lowest BCUT2D eigenvalue weighted by Gasteiger charge is -2.10. The number of nitrogens with zero attached hydrogens (tertiary/aromatic N) is 1. The predicted molar refractivity (Wildman–Crippen MR) is 114 cm³/mol. The third-order valence-corrected chi connectivity index (χ3v) is 5.37. The van der Waals surface area contributed by atoms with E-state index in [1.165, 1.54) is 18.4 Å². The number of methoxy groups -OCH3 is 1. The molecule has 29 heavy (non-hydrogen) atoms. The number of carbonyl (C=O) groups excluding carboxylic acids is 2. The summed E-state index contributed by atoms with van der Waals surface area (Å²) in [4.78, 5) is 43.5. The summed E-state index contributed by atoms with van der Waals surface area (Å²) in [7, 11) is 1.51. The Balaban J connectivity index is 1.64. The van der Waals surface area contributed by atoms with Gasteiger partial charge in [0.15, 0.2) is 16.7 Å². The van der Waals surface area contributed by atoms with Crippen molar-refractivity contribution in [1.82, 2.24) is 9.97 Å². The third kappa shape index (κ3) is 5.15. The van der Waals surface area contributed by atoms with Crippen molar-refractivity contribution in [2.45, 2.75) is 5.16 Å². The molecule has 1 aromatic carbocycles. The van der Waals surface area contributed by atoms with E-state index in [1.807, 2.05) is 0 Å². The predicted octanol–water partition coefficient (Wildman–Crippen LogP) is 2.41. The number of hydrogen-bond donors (Lipinski definition) is 4. The Morgan fingerprint density at radius 1 is 1.24 bits per heavy atom. The molecule has 0 spiro atoms. The van der Waals surface area contributed by atoms with Crippen LogP contribution in [0.1, 0.15) is 9.67 Å². The summed E-state index contributed by atoms with van der Waals surface area (Å²) in [6.07, 6.45) is 0. The van der Waals surface area contributed by atoms with Crippen LogP contribution in [0.3, 0.4) is 0 Å². The van der Waals surface area contributed by atoms with Crippen molar-refractivity contribution < 1.29 is 14.3 Å². The van der Waals surface area contributed by atoms with Gasteiger partial charge >= 0.3 is 0 Å². The van der Waals surface area contributed by atoms with E-state index in [1.54, 1.807) is 41.8 Å². The van der Waals surface area contributed by atoms with Crippen molar-refractivity contribution in [2.24, 2.45) is 0 Å². The van der Waals surface area contributed by atoms with E-state index in [-0.39, 0.29) is 28.3 Å². The van der Waals surface area contributed by atoms with Gasteiger partial charge < -0.3 is 21.1 Å². The second kappa shape index (κ2) is 9.26. The number of H-pyrrole nitrogens is 1. The number of para-hydroxylation sites is 2. The maximum Gasteiger partial charge on any atom is 0.277 e. The van der Waals surface area contributed by atoms with Crippen LogP contribution in [0, 0.1) is 0 Å². The molecule has 0 aliphatic heterocycles. The van der Waals surface area contributed by atoms with Gasteiger partial charge in [0.1, 0.15) is 5.75 Å². The fraction of sp³-hybridized carbons (Fsp3) is 0.111. The molecule has 11 heteroatoms. The number of hydrogen-bond acceptors (Lipinski definition) is 8. The molecule has 2 aromatic heterocycles. The van der Waals surface area contributed by atoms with Crippen LogP contribution in [0.25, 0.3) is 0 Å². The number of thioether (sulfide) groups is 1. The summed E-state index contributed by atoms with van der Waals surface area (Å²) < 4.78 is 5.18. The van der Waals surface area contributed by atoms with E-state index in [2.05, 4.69) is 20.6 Å². The summed E-state index contributed by atoms with van der Waals surface area (Å²) in [6, 6.07) is 10.4. The Kier molecular flexibility index (Phi) is 6.52. The zero-order chi connectivity index (χ0) is 20.8. The summed E-state index contributed by atoms with van der Waals surface area (Å²) in [6.45, 7) is 0. The summed E-state index contributed by atoms with van der Waals surface area (Å²) in [5.41, 5.74) is 5.62. The van der Waals surface area contributed by atoms with Crippen molar-refractivity contribution in [2.75, 3.05) is 29.2 Å². The Bertz CT molecular complexity index is 1080. The number of rotatable bonds is 7. The molecule has 2 heterocycles. The highest BCUT2D eigenvalue weighted by Gasteiger charge is 2.15. The molecule has 9 nitrogen and oxygen atoms in total. The number of anilines is 3. The summed E-state index contributed by atoms with van der Waals surface area (Å²) in [5, 5.41) is 7.09. The number of ether oxygens (including phenoxy) is 1. The van der Waals surface area contributed by atoms with Crippen LogP contribution < -0.4 is 26.7 Å². The van der Waals surface area contributed by atoms with Crippen LogP contribution >= 0.6 is 23.1 Å². The number of aromatic nitrogens is 2.